The Morgan fingerprint density at radius 3 is 1.81 bits per heavy atom. The maximum Gasteiger partial charge on any atom is 0.333 e. The van der Waals surface area contributed by atoms with Gasteiger partial charge in [0.25, 0.3) is 0 Å². The van der Waals surface area contributed by atoms with Crippen LogP contribution in [0, 0.1) is 0 Å². The number of benzene rings is 3. The smallest absolute Gasteiger partial charge is 0.333 e. The molecule has 0 amide bonds. The van der Waals surface area contributed by atoms with Gasteiger partial charge < -0.3 is 9.84 Å². The van der Waals surface area contributed by atoms with Crippen LogP contribution in [0.3, 0.4) is 0 Å². The summed E-state index contributed by atoms with van der Waals surface area (Å²) in [4.78, 5) is 24.7. The van der Waals surface area contributed by atoms with Gasteiger partial charge in [-0.15, -0.1) is 0 Å². The maximum absolute atomic E-state index is 13.0. The number of aliphatic hydroxyl groups is 1. The number of ether oxygens (including phenoxy) is 1. The third kappa shape index (κ3) is 3.49. The van der Waals surface area contributed by atoms with Crippen molar-refractivity contribution >= 4 is 33.3 Å². The second-order valence-corrected chi connectivity index (χ2v) is 7.18. The van der Waals surface area contributed by atoms with Crippen LogP contribution in [0.25, 0.3) is 21.5 Å². The Morgan fingerprint density at radius 2 is 1.41 bits per heavy atom. The molecule has 138 valence electrons. The molecule has 4 nitrogen and oxygen atoms in total. The molecule has 3 aromatic rings. The molecule has 0 atom stereocenters. The normalized spacial score (nSPS) is 11.6. The fourth-order valence-electron chi connectivity index (χ4n) is 3.41. The number of esters is 1. The standard InChI is InChI=1S/C23H22O4/c1-14(2)22(25)27-13-19(24)20-15-9-5-7-11-17(15)21(23(3,4)26)18-12-8-6-10-16(18)20/h5-12,26H,1,13H2,2-4H3. The number of fused-ring (bicyclic) bond motifs is 2. The average molecular weight is 362 g/mol. The summed E-state index contributed by atoms with van der Waals surface area (Å²) in [5, 5.41) is 13.8. The number of hydrogen-bond donors (Lipinski definition) is 1. The lowest BCUT2D eigenvalue weighted by atomic mass is 9.84. The fraction of sp³-hybridized carbons (Fsp3) is 0.217. The number of Topliss-reactive ketones (excluding diaryl/α,β-unsaturated/α-hetero) is 1. The van der Waals surface area contributed by atoms with E-state index in [-0.39, 0.29) is 18.0 Å². The fourth-order valence-corrected chi connectivity index (χ4v) is 3.41. The van der Waals surface area contributed by atoms with Crippen molar-refractivity contribution < 1.29 is 19.4 Å². The van der Waals surface area contributed by atoms with E-state index >= 15 is 0 Å². The lowest BCUT2D eigenvalue weighted by molar-refractivity contribution is -0.137. The van der Waals surface area contributed by atoms with Gasteiger partial charge in [-0.2, -0.15) is 0 Å². The summed E-state index contributed by atoms with van der Waals surface area (Å²) in [5.74, 6) is -0.885. The minimum absolute atomic E-state index is 0.245. The van der Waals surface area contributed by atoms with Crippen LogP contribution in [-0.2, 0) is 15.1 Å². The highest BCUT2D eigenvalue weighted by Gasteiger charge is 2.26. The van der Waals surface area contributed by atoms with Crippen molar-refractivity contribution in [3.63, 3.8) is 0 Å². The highest BCUT2D eigenvalue weighted by Crippen LogP contribution is 2.38. The Balaban J connectivity index is 2.28. The van der Waals surface area contributed by atoms with E-state index in [1.807, 2.05) is 48.5 Å². The second kappa shape index (κ2) is 6.97. The predicted octanol–water partition coefficient (Wildman–Crippen LogP) is 4.52. The molecule has 0 bridgehead atoms. The van der Waals surface area contributed by atoms with Crippen LogP contribution >= 0.6 is 0 Å². The summed E-state index contributed by atoms with van der Waals surface area (Å²) in [5.41, 5.74) is 0.413. The molecular formula is C23H22O4. The minimum Gasteiger partial charge on any atom is -0.454 e. The number of hydrogen-bond acceptors (Lipinski definition) is 4. The summed E-state index contributed by atoms with van der Waals surface area (Å²) in [7, 11) is 0. The van der Waals surface area contributed by atoms with Gasteiger partial charge in [-0.05, 0) is 47.9 Å². The van der Waals surface area contributed by atoms with E-state index in [0.29, 0.717) is 5.56 Å². The van der Waals surface area contributed by atoms with Crippen molar-refractivity contribution in [1.82, 2.24) is 0 Å². The van der Waals surface area contributed by atoms with Crippen LogP contribution in [-0.4, -0.2) is 23.5 Å². The van der Waals surface area contributed by atoms with Gasteiger partial charge in [-0.3, -0.25) is 4.79 Å². The first kappa shape index (κ1) is 18.8. The topological polar surface area (TPSA) is 63.6 Å². The quantitative estimate of drug-likeness (QED) is 0.314. The summed E-state index contributed by atoms with van der Waals surface area (Å²) in [6.45, 7) is 8.18. The Hall–Kier alpha value is -2.98. The Kier molecular flexibility index (Phi) is 4.85. The largest absolute Gasteiger partial charge is 0.454 e. The molecule has 0 aliphatic rings. The highest BCUT2D eigenvalue weighted by molar-refractivity contribution is 6.21. The van der Waals surface area contributed by atoms with Crippen molar-refractivity contribution in [3.05, 3.63) is 71.8 Å². The van der Waals surface area contributed by atoms with E-state index in [4.69, 9.17) is 4.74 Å². The van der Waals surface area contributed by atoms with Crippen molar-refractivity contribution in [3.8, 4) is 0 Å². The van der Waals surface area contributed by atoms with Crippen LogP contribution in [0.15, 0.2) is 60.7 Å². The molecule has 0 unspecified atom stereocenters. The molecule has 0 heterocycles. The second-order valence-electron chi connectivity index (χ2n) is 7.18. The van der Waals surface area contributed by atoms with Crippen molar-refractivity contribution in [2.24, 2.45) is 0 Å². The third-order valence-electron chi connectivity index (χ3n) is 4.50. The Morgan fingerprint density at radius 1 is 0.963 bits per heavy atom. The zero-order valence-corrected chi connectivity index (χ0v) is 15.7. The molecule has 0 saturated heterocycles. The highest BCUT2D eigenvalue weighted by atomic mass is 16.5. The number of ketones is 1. The van der Waals surface area contributed by atoms with Crippen LogP contribution in [0.4, 0.5) is 0 Å². The zero-order chi connectivity index (χ0) is 19.8. The van der Waals surface area contributed by atoms with Gasteiger partial charge in [0.05, 0.1) is 5.60 Å². The van der Waals surface area contributed by atoms with Gasteiger partial charge in [0.15, 0.2) is 6.61 Å². The predicted molar refractivity (Wildman–Crippen MR) is 107 cm³/mol. The monoisotopic (exact) mass is 362 g/mol. The lowest BCUT2D eigenvalue weighted by Crippen LogP contribution is -2.19. The molecule has 0 saturated carbocycles. The summed E-state index contributed by atoms with van der Waals surface area (Å²) >= 11 is 0. The molecule has 3 rings (SSSR count). The minimum atomic E-state index is -1.09. The summed E-state index contributed by atoms with van der Waals surface area (Å²) < 4.78 is 5.08. The molecule has 0 radical (unpaired) electrons. The van der Waals surface area contributed by atoms with Crippen molar-refractivity contribution in [2.45, 2.75) is 26.4 Å². The molecule has 27 heavy (non-hydrogen) atoms. The first-order valence-electron chi connectivity index (χ1n) is 8.74. The van der Waals surface area contributed by atoms with E-state index in [1.165, 1.54) is 6.92 Å². The third-order valence-corrected chi connectivity index (χ3v) is 4.50. The SMILES string of the molecule is C=C(C)C(=O)OCC(=O)c1c2ccccc2c(C(C)(C)O)c2ccccc12. The molecule has 0 spiro atoms. The van der Waals surface area contributed by atoms with E-state index in [9.17, 15) is 14.7 Å². The lowest BCUT2D eigenvalue weighted by Gasteiger charge is -2.24. The first-order chi connectivity index (χ1) is 12.7. The van der Waals surface area contributed by atoms with Crippen LogP contribution < -0.4 is 0 Å². The van der Waals surface area contributed by atoms with Gasteiger partial charge in [-0.1, -0.05) is 55.1 Å². The number of rotatable bonds is 5. The van der Waals surface area contributed by atoms with Crippen molar-refractivity contribution in [1.29, 1.82) is 0 Å². The van der Waals surface area contributed by atoms with Crippen molar-refractivity contribution in [2.75, 3.05) is 6.61 Å². The van der Waals surface area contributed by atoms with Gasteiger partial charge in [-0.25, -0.2) is 4.79 Å². The maximum atomic E-state index is 13.0. The molecule has 0 aliphatic carbocycles. The zero-order valence-electron chi connectivity index (χ0n) is 15.7. The Bertz CT molecular complexity index is 1010. The van der Waals surface area contributed by atoms with Gasteiger partial charge in [0, 0.05) is 11.1 Å². The van der Waals surface area contributed by atoms with Crippen LogP contribution in [0.2, 0.25) is 0 Å². The molecule has 0 fully saturated rings. The van der Waals surface area contributed by atoms with Crippen LogP contribution in [0.5, 0.6) is 0 Å². The molecular weight excluding hydrogens is 340 g/mol. The summed E-state index contributed by atoms with van der Waals surface area (Å²) in [6, 6.07) is 14.9. The first-order valence-corrected chi connectivity index (χ1v) is 8.74. The van der Waals surface area contributed by atoms with Gasteiger partial charge >= 0.3 is 5.97 Å². The van der Waals surface area contributed by atoms with Gasteiger partial charge in [0.2, 0.25) is 5.78 Å². The van der Waals surface area contributed by atoms with E-state index in [0.717, 1.165) is 27.1 Å². The molecule has 4 heteroatoms. The average Bonchev–Trinajstić information content (AvgIpc) is 2.62. The van der Waals surface area contributed by atoms with E-state index < -0.39 is 11.6 Å². The molecule has 0 aromatic heterocycles. The summed E-state index contributed by atoms with van der Waals surface area (Å²) in [6.07, 6.45) is 0. The van der Waals surface area contributed by atoms with E-state index in [2.05, 4.69) is 6.58 Å². The molecule has 1 N–H and O–H groups in total. The molecule has 3 aromatic carbocycles. The Labute approximate surface area is 158 Å². The van der Waals surface area contributed by atoms with E-state index in [1.54, 1.807) is 13.8 Å². The number of carbonyl (C=O) groups is 2. The van der Waals surface area contributed by atoms with Crippen LogP contribution in [0.1, 0.15) is 36.7 Å². The number of carbonyl (C=O) groups excluding carboxylic acids is 2. The van der Waals surface area contributed by atoms with Gasteiger partial charge in [0.1, 0.15) is 0 Å². The molecule has 0 aliphatic heterocycles.